The highest BCUT2D eigenvalue weighted by Crippen LogP contribution is 2.44. The van der Waals surface area contributed by atoms with Crippen molar-refractivity contribution in [1.82, 2.24) is 5.09 Å². The van der Waals surface area contributed by atoms with Gasteiger partial charge in [0.2, 0.25) is 0 Å². The minimum absolute atomic E-state index is 0.392. The molecule has 1 unspecified atom stereocenters. The van der Waals surface area contributed by atoms with E-state index >= 15 is 0 Å². The maximum absolute atomic E-state index is 13.6. The number of hydrogen-bond acceptors (Lipinski definition) is 3. The summed E-state index contributed by atoms with van der Waals surface area (Å²) in [6.45, 7) is 0. The number of carbonyl (C=O) groups is 1. The molecule has 6 heteroatoms. The molecule has 0 aromatic heterocycles. The second-order valence-electron chi connectivity index (χ2n) is 6.44. The number of nitrogens with one attached hydrogen (secondary N) is 2. The first kappa shape index (κ1) is 18.8. The van der Waals surface area contributed by atoms with Crippen molar-refractivity contribution < 1.29 is 13.9 Å². The van der Waals surface area contributed by atoms with Crippen molar-refractivity contribution in [2.75, 3.05) is 5.09 Å². The van der Waals surface area contributed by atoms with Gasteiger partial charge in [-0.3, -0.25) is 15.0 Å². The summed E-state index contributed by atoms with van der Waals surface area (Å²) in [4.78, 5) is 12.6. The smallest absolute Gasteiger partial charge is 0.414 e. The van der Waals surface area contributed by atoms with Gasteiger partial charge in [-0.15, -0.1) is 0 Å². The summed E-state index contributed by atoms with van der Waals surface area (Å²) >= 11 is 0. The molecule has 0 aliphatic rings. The topological polar surface area (TPSA) is 67.4 Å². The molecule has 1 amide bonds. The van der Waals surface area contributed by atoms with Crippen molar-refractivity contribution in [1.29, 1.82) is 0 Å². The van der Waals surface area contributed by atoms with Crippen LogP contribution in [-0.4, -0.2) is 5.91 Å². The summed E-state index contributed by atoms with van der Waals surface area (Å²) in [5.74, 6) is -0.0954. The monoisotopic (exact) mass is 402 g/mol. The molecule has 0 heterocycles. The molecule has 0 aliphatic carbocycles. The third-order valence-electron chi connectivity index (χ3n) is 4.29. The molecule has 2 N–H and O–H groups in total. The number of para-hydroxylation sites is 1. The highest BCUT2D eigenvalue weighted by atomic mass is 31.2. The Bertz CT molecular complexity index is 1180. The minimum atomic E-state index is -3.81. The summed E-state index contributed by atoms with van der Waals surface area (Å²) < 4.78 is 19.4. The molecular weight excluding hydrogens is 383 g/mol. The Morgan fingerprint density at radius 2 is 1.34 bits per heavy atom. The van der Waals surface area contributed by atoms with Gasteiger partial charge in [0.1, 0.15) is 5.75 Å². The Balaban J connectivity index is 1.65. The number of rotatable bonds is 6. The van der Waals surface area contributed by atoms with Crippen LogP contribution in [0.1, 0.15) is 10.4 Å². The average Bonchev–Trinajstić information content (AvgIpc) is 2.74. The van der Waals surface area contributed by atoms with Crippen LogP contribution in [0.3, 0.4) is 0 Å². The fraction of sp³-hybridized carbons (Fsp3) is 0. The lowest BCUT2D eigenvalue weighted by molar-refractivity contribution is 0.0978. The SMILES string of the molecule is O=C(NP(=O)(Nc1ccccc1)Oc1ccc2ccccc2c1)c1ccccc1. The lowest BCUT2D eigenvalue weighted by Gasteiger charge is -2.22. The molecule has 0 aliphatic heterocycles. The second kappa shape index (κ2) is 8.21. The zero-order chi connectivity index (χ0) is 20.1. The highest BCUT2D eigenvalue weighted by Gasteiger charge is 2.28. The molecule has 29 heavy (non-hydrogen) atoms. The Morgan fingerprint density at radius 3 is 2.07 bits per heavy atom. The predicted molar refractivity (Wildman–Crippen MR) is 116 cm³/mol. The first-order valence-corrected chi connectivity index (χ1v) is 10.7. The third kappa shape index (κ3) is 4.65. The number of anilines is 1. The van der Waals surface area contributed by atoms with Gasteiger partial charge in [-0.05, 0) is 47.2 Å². The lowest BCUT2D eigenvalue weighted by Crippen LogP contribution is -2.26. The molecule has 0 radical (unpaired) electrons. The summed E-state index contributed by atoms with van der Waals surface area (Å²) in [6.07, 6.45) is 0. The molecule has 1 atom stereocenters. The van der Waals surface area contributed by atoms with Crippen LogP contribution in [0.15, 0.2) is 103 Å². The number of hydrogen-bond donors (Lipinski definition) is 2. The zero-order valence-corrected chi connectivity index (χ0v) is 16.4. The zero-order valence-electron chi connectivity index (χ0n) is 15.5. The number of amides is 1. The molecule has 4 rings (SSSR count). The van der Waals surface area contributed by atoms with Gasteiger partial charge < -0.3 is 4.52 Å². The third-order valence-corrected chi connectivity index (χ3v) is 5.81. The van der Waals surface area contributed by atoms with Gasteiger partial charge in [-0.25, -0.2) is 4.57 Å². The quantitative estimate of drug-likeness (QED) is 0.396. The van der Waals surface area contributed by atoms with E-state index in [1.54, 1.807) is 48.5 Å². The maximum Gasteiger partial charge on any atom is 0.446 e. The molecule has 0 saturated heterocycles. The molecular formula is C23H19N2O3P. The maximum atomic E-state index is 13.6. The lowest BCUT2D eigenvalue weighted by atomic mass is 10.1. The van der Waals surface area contributed by atoms with E-state index in [1.807, 2.05) is 54.6 Å². The van der Waals surface area contributed by atoms with E-state index in [0.29, 0.717) is 17.0 Å². The van der Waals surface area contributed by atoms with Crippen molar-refractivity contribution in [2.45, 2.75) is 0 Å². The Morgan fingerprint density at radius 1 is 0.724 bits per heavy atom. The summed E-state index contributed by atoms with van der Waals surface area (Å²) in [7, 11) is -3.81. The number of carbonyl (C=O) groups excluding carboxylic acids is 1. The molecule has 0 fully saturated rings. The van der Waals surface area contributed by atoms with Crippen molar-refractivity contribution in [3.8, 4) is 5.75 Å². The highest BCUT2D eigenvalue weighted by molar-refractivity contribution is 7.59. The van der Waals surface area contributed by atoms with Crippen LogP contribution in [0, 0.1) is 0 Å². The van der Waals surface area contributed by atoms with Gasteiger partial charge in [-0.2, -0.15) is 0 Å². The van der Waals surface area contributed by atoms with Gasteiger partial charge in [0, 0.05) is 11.3 Å². The van der Waals surface area contributed by atoms with Crippen LogP contribution < -0.4 is 14.7 Å². The van der Waals surface area contributed by atoms with Crippen LogP contribution in [0.2, 0.25) is 0 Å². The van der Waals surface area contributed by atoms with Crippen molar-refractivity contribution in [3.05, 3.63) is 109 Å². The molecule has 0 saturated carbocycles. The van der Waals surface area contributed by atoms with Gasteiger partial charge in [0.15, 0.2) is 0 Å². The molecule has 5 nitrogen and oxygen atoms in total. The second-order valence-corrected chi connectivity index (χ2v) is 8.17. The largest absolute Gasteiger partial charge is 0.446 e. The Hall–Kier alpha value is -3.56. The molecule has 4 aromatic rings. The van der Waals surface area contributed by atoms with Crippen LogP contribution in [0.5, 0.6) is 5.75 Å². The predicted octanol–water partition coefficient (Wildman–Crippen LogP) is 5.87. The summed E-state index contributed by atoms with van der Waals surface area (Å²) in [5.41, 5.74) is 0.967. The van der Waals surface area contributed by atoms with Gasteiger partial charge in [0.25, 0.3) is 5.91 Å². The van der Waals surface area contributed by atoms with E-state index in [-0.39, 0.29) is 0 Å². The van der Waals surface area contributed by atoms with E-state index in [1.165, 1.54) is 0 Å². The van der Waals surface area contributed by atoms with E-state index in [9.17, 15) is 9.36 Å². The van der Waals surface area contributed by atoms with E-state index in [4.69, 9.17) is 4.52 Å². The van der Waals surface area contributed by atoms with Crippen molar-refractivity contribution in [3.63, 3.8) is 0 Å². The number of fused-ring (bicyclic) bond motifs is 1. The average molecular weight is 402 g/mol. The van der Waals surface area contributed by atoms with Crippen LogP contribution in [0.4, 0.5) is 5.69 Å². The standard InChI is InChI=1S/C23H19N2O3P/c26-23(19-10-3-1-4-11-19)25-29(27,24-21-13-5-2-6-14-21)28-22-16-15-18-9-7-8-12-20(18)17-22/h1-17H,(H2,24,25,26,27). The van der Waals surface area contributed by atoms with Crippen LogP contribution in [0.25, 0.3) is 10.8 Å². The van der Waals surface area contributed by atoms with E-state index < -0.39 is 13.6 Å². The molecule has 0 bridgehead atoms. The van der Waals surface area contributed by atoms with E-state index in [2.05, 4.69) is 10.2 Å². The van der Waals surface area contributed by atoms with E-state index in [0.717, 1.165) is 10.8 Å². The summed E-state index contributed by atoms with van der Waals surface area (Å²) in [6, 6.07) is 30.8. The first-order chi connectivity index (χ1) is 14.1. The molecule has 144 valence electrons. The van der Waals surface area contributed by atoms with Crippen LogP contribution in [-0.2, 0) is 4.57 Å². The Labute approximate surface area is 168 Å². The van der Waals surface area contributed by atoms with Crippen molar-refractivity contribution >= 4 is 30.0 Å². The summed E-state index contributed by atoms with van der Waals surface area (Å²) in [5, 5.41) is 7.38. The van der Waals surface area contributed by atoms with Gasteiger partial charge in [-0.1, -0.05) is 66.7 Å². The molecule has 0 spiro atoms. The number of benzene rings is 4. The first-order valence-electron chi connectivity index (χ1n) is 9.11. The fourth-order valence-corrected chi connectivity index (χ4v) is 4.36. The van der Waals surface area contributed by atoms with Gasteiger partial charge in [0.05, 0.1) is 0 Å². The Kier molecular flexibility index (Phi) is 5.32. The minimum Gasteiger partial charge on any atom is -0.414 e. The normalized spacial score (nSPS) is 12.7. The molecule has 4 aromatic carbocycles. The fourth-order valence-electron chi connectivity index (χ4n) is 2.92. The van der Waals surface area contributed by atoms with Gasteiger partial charge >= 0.3 is 7.67 Å². The van der Waals surface area contributed by atoms with Crippen molar-refractivity contribution in [2.24, 2.45) is 0 Å². The van der Waals surface area contributed by atoms with Crippen LogP contribution >= 0.6 is 7.67 Å².